The van der Waals surface area contributed by atoms with Gasteiger partial charge in [-0.05, 0) is 54.8 Å². The molecular weight excluding hydrogens is 628 g/mol. The van der Waals surface area contributed by atoms with Crippen LogP contribution in [0.3, 0.4) is 0 Å². The third kappa shape index (κ3) is 8.70. The van der Waals surface area contributed by atoms with Crippen LogP contribution in [0.25, 0.3) is 0 Å². The Hall–Kier alpha value is -4.74. The number of benzene rings is 4. The van der Waals surface area contributed by atoms with Crippen LogP contribution in [0.1, 0.15) is 31.4 Å². The summed E-state index contributed by atoms with van der Waals surface area (Å²) in [7, 11) is -4.39. The van der Waals surface area contributed by atoms with Crippen LogP contribution in [0.4, 0.5) is 11.4 Å². The van der Waals surface area contributed by atoms with Crippen LogP contribution in [0.5, 0.6) is 0 Å². The summed E-state index contributed by atoms with van der Waals surface area (Å²) < 4.78 is 28.9. The third-order valence-electron chi connectivity index (χ3n) is 7.48. The first-order valence-electron chi connectivity index (χ1n) is 14.7. The largest absolute Gasteiger partial charge is 0.352 e. The fourth-order valence-corrected chi connectivity index (χ4v) is 6.34. The zero-order valence-corrected chi connectivity index (χ0v) is 27.0. The zero-order valence-electron chi connectivity index (χ0n) is 25.5. The highest BCUT2D eigenvalue weighted by molar-refractivity contribution is 7.92. The maximum atomic E-state index is 14.5. The summed E-state index contributed by atoms with van der Waals surface area (Å²) in [5.41, 5.74) is 1.06. The molecule has 46 heavy (non-hydrogen) atoms. The molecule has 0 saturated heterocycles. The topological polar surface area (TPSA) is 130 Å². The lowest BCUT2D eigenvalue weighted by Gasteiger charge is -2.34. The van der Waals surface area contributed by atoms with Crippen molar-refractivity contribution in [3.8, 4) is 0 Å². The highest BCUT2D eigenvalue weighted by Crippen LogP contribution is 2.28. The van der Waals surface area contributed by atoms with Crippen LogP contribution in [-0.4, -0.2) is 48.7 Å². The minimum absolute atomic E-state index is 0.0322. The first-order chi connectivity index (χ1) is 22.0. The molecule has 10 nitrogen and oxygen atoms in total. The van der Waals surface area contributed by atoms with Gasteiger partial charge in [0.25, 0.3) is 15.7 Å². The Balaban J connectivity index is 1.83. The number of carbonyl (C=O) groups is 2. The number of non-ortho nitro benzene ring substituents is 1. The van der Waals surface area contributed by atoms with Crippen molar-refractivity contribution in [2.24, 2.45) is 0 Å². The van der Waals surface area contributed by atoms with Crippen molar-refractivity contribution >= 4 is 44.8 Å². The van der Waals surface area contributed by atoms with Crippen LogP contribution >= 0.6 is 11.6 Å². The molecule has 12 heteroatoms. The summed E-state index contributed by atoms with van der Waals surface area (Å²) in [5.74, 6) is -1.07. The molecule has 0 radical (unpaired) electrons. The molecule has 240 valence electrons. The highest BCUT2D eigenvalue weighted by Gasteiger charge is 2.35. The Morgan fingerprint density at radius 2 is 1.52 bits per heavy atom. The van der Waals surface area contributed by atoms with Gasteiger partial charge in [-0.15, -0.1) is 0 Å². The Bertz CT molecular complexity index is 1760. The number of hydrogen-bond acceptors (Lipinski definition) is 6. The molecule has 4 aromatic carbocycles. The zero-order chi connectivity index (χ0) is 33.3. The molecule has 4 aromatic rings. The summed E-state index contributed by atoms with van der Waals surface area (Å²) in [5, 5.41) is 15.1. The van der Waals surface area contributed by atoms with Gasteiger partial charge in [0.15, 0.2) is 0 Å². The minimum Gasteiger partial charge on any atom is -0.352 e. The van der Waals surface area contributed by atoms with Crippen LogP contribution in [0, 0.1) is 10.1 Å². The van der Waals surface area contributed by atoms with Gasteiger partial charge in [-0.2, -0.15) is 0 Å². The fourth-order valence-electron chi connectivity index (χ4n) is 4.79. The van der Waals surface area contributed by atoms with E-state index in [0.717, 1.165) is 15.9 Å². The van der Waals surface area contributed by atoms with Crippen LogP contribution < -0.4 is 9.62 Å². The second-order valence-electron chi connectivity index (χ2n) is 10.8. The first-order valence-corrected chi connectivity index (χ1v) is 16.5. The molecule has 0 aliphatic heterocycles. The number of rotatable bonds is 14. The van der Waals surface area contributed by atoms with Gasteiger partial charge >= 0.3 is 0 Å². The Morgan fingerprint density at radius 3 is 2.13 bits per heavy atom. The summed E-state index contributed by atoms with van der Waals surface area (Å²) >= 11 is 6.12. The maximum Gasteiger partial charge on any atom is 0.271 e. The SMILES string of the molecule is CCC(C)NC(=O)C(Cc1ccccc1)N(Cc1ccc(Cl)cc1)C(=O)CN(c1cccc([N+](=O)[O-])c1)S(=O)(=O)c1ccccc1. The molecule has 0 saturated carbocycles. The van der Waals surface area contributed by atoms with E-state index in [9.17, 15) is 28.1 Å². The molecule has 0 heterocycles. The molecule has 2 atom stereocenters. The number of sulfonamides is 1. The molecule has 0 spiro atoms. The van der Waals surface area contributed by atoms with Gasteiger partial charge in [-0.25, -0.2) is 8.42 Å². The van der Waals surface area contributed by atoms with Crippen LogP contribution in [-0.2, 0) is 32.6 Å². The van der Waals surface area contributed by atoms with E-state index < -0.39 is 39.3 Å². The first kappa shape index (κ1) is 34.1. The quantitative estimate of drug-likeness (QED) is 0.130. The van der Waals surface area contributed by atoms with E-state index in [1.165, 1.54) is 35.2 Å². The monoisotopic (exact) mass is 662 g/mol. The lowest BCUT2D eigenvalue weighted by Crippen LogP contribution is -2.54. The molecule has 0 bridgehead atoms. The average molecular weight is 663 g/mol. The Morgan fingerprint density at radius 1 is 0.891 bits per heavy atom. The van der Waals surface area contributed by atoms with Crippen molar-refractivity contribution in [3.05, 3.63) is 135 Å². The average Bonchev–Trinajstić information content (AvgIpc) is 3.06. The van der Waals surface area contributed by atoms with Gasteiger partial charge in [-0.3, -0.25) is 24.0 Å². The summed E-state index contributed by atoms with van der Waals surface area (Å²) in [6, 6.07) is 27.4. The van der Waals surface area contributed by atoms with Crippen LogP contribution in [0.15, 0.2) is 114 Å². The van der Waals surface area contributed by atoms with E-state index in [0.29, 0.717) is 17.0 Å². The standard InChI is InChI=1S/C34H35ClN4O6S/c1-3-25(2)36-34(41)32(21-26-11-6-4-7-12-26)37(23-27-17-19-28(35)20-18-27)33(40)24-38(29-13-10-14-30(22-29)39(42)43)46(44,45)31-15-8-5-9-16-31/h4-20,22,25,32H,3,21,23-24H2,1-2H3,(H,36,41). The van der Waals surface area contributed by atoms with Crippen molar-refractivity contribution in [2.75, 3.05) is 10.8 Å². The summed E-state index contributed by atoms with van der Waals surface area (Å²) in [6.07, 6.45) is 0.815. The number of halogens is 1. The molecule has 4 rings (SSSR count). The van der Waals surface area contributed by atoms with Crippen molar-refractivity contribution < 1.29 is 22.9 Å². The summed E-state index contributed by atoms with van der Waals surface area (Å²) in [6.45, 7) is 3.03. The lowest BCUT2D eigenvalue weighted by molar-refractivity contribution is -0.384. The van der Waals surface area contributed by atoms with Crippen molar-refractivity contribution in [1.82, 2.24) is 10.2 Å². The number of carbonyl (C=O) groups excluding carboxylic acids is 2. The van der Waals surface area contributed by atoms with Gasteiger partial charge in [0.05, 0.1) is 15.5 Å². The number of nitro benzene ring substituents is 1. The van der Waals surface area contributed by atoms with Crippen molar-refractivity contribution in [1.29, 1.82) is 0 Å². The highest BCUT2D eigenvalue weighted by atomic mass is 35.5. The number of anilines is 1. The predicted molar refractivity (Wildman–Crippen MR) is 178 cm³/mol. The predicted octanol–water partition coefficient (Wildman–Crippen LogP) is 6.00. The van der Waals surface area contributed by atoms with Gasteiger partial charge in [0.2, 0.25) is 11.8 Å². The van der Waals surface area contributed by atoms with Gasteiger partial charge < -0.3 is 10.2 Å². The van der Waals surface area contributed by atoms with Gasteiger partial charge in [-0.1, -0.05) is 85.3 Å². The second kappa shape index (κ2) is 15.5. The van der Waals surface area contributed by atoms with E-state index in [1.807, 2.05) is 44.2 Å². The maximum absolute atomic E-state index is 14.5. The number of nitrogens with one attached hydrogen (secondary N) is 1. The van der Waals surface area contributed by atoms with Crippen LogP contribution in [0.2, 0.25) is 5.02 Å². The molecule has 2 unspecified atom stereocenters. The number of hydrogen-bond donors (Lipinski definition) is 1. The molecule has 1 N–H and O–H groups in total. The van der Waals surface area contributed by atoms with Crippen molar-refractivity contribution in [3.63, 3.8) is 0 Å². The fraction of sp³-hybridized carbons (Fsp3) is 0.235. The minimum atomic E-state index is -4.39. The number of nitrogens with zero attached hydrogens (tertiary/aromatic N) is 3. The Labute approximate surface area is 273 Å². The van der Waals surface area contributed by atoms with E-state index in [4.69, 9.17) is 11.6 Å². The van der Waals surface area contributed by atoms with E-state index in [1.54, 1.807) is 42.5 Å². The molecule has 0 fully saturated rings. The Kier molecular flexibility index (Phi) is 11.5. The van der Waals surface area contributed by atoms with E-state index >= 15 is 0 Å². The lowest BCUT2D eigenvalue weighted by atomic mass is 10.0. The van der Waals surface area contributed by atoms with E-state index in [2.05, 4.69) is 5.32 Å². The normalized spacial score (nSPS) is 12.5. The van der Waals surface area contributed by atoms with Gasteiger partial charge in [0.1, 0.15) is 12.6 Å². The second-order valence-corrected chi connectivity index (χ2v) is 13.1. The third-order valence-corrected chi connectivity index (χ3v) is 9.52. The number of nitro groups is 1. The van der Waals surface area contributed by atoms with Gasteiger partial charge in [0, 0.05) is 36.2 Å². The smallest absolute Gasteiger partial charge is 0.271 e. The molecular formula is C34H35ClN4O6S. The summed E-state index contributed by atoms with van der Waals surface area (Å²) in [4.78, 5) is 40.6. The molecule has 0 aliphatic rings. The molecule has 0 aromatic heterocycles. The van der Waals surface area contributed by atoms with E-state index in [-0.39, 0.29) is 35.3 Å². The molecule has 0 aliphatic carbocycles. The number of amides is 2. The van der Waals surface area contributed by atoms with Crippen molar-refractivity contribution in [2.45, 2.75) is 50.2 Å². The molecule has 2 amide bonds.